The van der Waals surface area contributed by atoms with E-state index in [2.05, 4.69) is 15.0 Å². The molecule has 0 unspecified atom stereocenters. The van der Waals surface area contributed by atoms with E-state index in [1.54, 1.807) is 10.0 Å². The summed E-state index contributed by atoms with van der Waals surface area (Å²) >= 11 is 0. The molecule has 2 aromatic rings. The SMILES string of the molecule is NN(c1nc(-c2ccccc2)nc(N(N)C2CC2)n1)C1CC1. The van der Waals surface area contributed by atoms with Crippen LogP contribution in [0, 0.1) is 0 Å². The first-order valence-corrected chi connectivity index (χ1v) is 7.62. The van der Waals surface area contributed by atoms with Crippen molar-refractivity contribution in [2.24, 2.45) is 11.7 Å². The van der Waals surface area contributed by atoms with Crippen molar-refractivity contribution in [2.45, 2.75) is 37.8 Å². The third kappa shape index (κ3) is 2.60. The van der Waals surface area contributed by atoms with Crippen molar-refractivity contribution >= 4 is 11.9 Å². The zero-order valence-corrected chi connectivity index (χ0v) is 12.3. The van der Waals surface area contributed by atoms with Crippen molar-refractivity contribution in [2.75, 3.05) is 10.0 Å². The molecular formula is C15H19N7. The molecule has 4 N–H and O–H groups in total. The monoisotopic (exact) mass is 297 g/mol. The Hall–Kier alpha value is -2.25. The van der Waals surface area contributed by atoms with Gasteiger partial charge in [-0.05, 0) is 25.7 Å². The number of hydrogen-bond donors (Lipinski definition) is 2. The minimum Gasteiger partial charge on any atom is -0.276 e. The van der Waals surface area contributed by atoms with Gasteiger partial charge < -0.3 is 0 Å². The minimum absolute atomic E-state index is 0.325. The summed E-state index contributed by atoms with van der Waals surface area (Å²) in [6, 6.07) is 10.5. The number of nitrogens with two attached hydrogens (primary N) is 2. The Bertz CT molecular complexity index is 631. The molecule has 2 aliphatic carbocycles. The van der Waals surface area contributed by atoms with E-state index in [-0.39, 0.29) is 0 Å². The normalized spacial score (nSPS) is 17.4. The van der Waals surface area contributed by atoms with Crippen LogP contribution in [-0.4, -0.2) is 27.0 Å². The third-order valence-corrected chi connectivity index (χ3v) is 3.99. The molecule has 4 rings (SSSR count). The molecule has 2 aliphatic rings. The number of rotatable bonds is 5. The van der Waals surface area contributed by atoms with Crippen molar-refractivity contribution in [1.29, 1.82) is 0 Å². The Kier molecular flexibility index (Phi) is 3.16. The van der Waals surface area contributed by atoms with Gasteiger partial charge in [-0.1, -0.05) is 30.3 Å². The molecule has 1 aromatic carbocycles. The highest BCUT2D eigenvalue weighted by Crippen LogP contribution is 2.31. The highest BCUT2D eigenvalue weighted by molar-refractivity contribution is 5.58. The number of anilines is 2. The van der Waals surface area contributed by atoms with E-state index in [1.807, 2.05) is 30.3 Å². The van der Waals surface area contributed by atoms with Crippen molar-refractivity contribution in [1.82, 2.24) is 15.0 Å². The van der Waals surface area contributed by atoms with Gasteiger partial charge in [-0.25, -0.2) is 11.7 Å². The molecule has 2 saturated carbocycles. The van der Waals surface area contributed by atoms with Gasteiger partial charge in [0.05, 0.1) is 0 Å². The molecule has 0 bridgehead atoms. The molecule has 0 amide bonds. The molecule has 7 heteroatoms. The summed E-state index contributed by atoms with van der Waals surface area (Å²) < 4.78 is 0. The van der Waals surface area contributed by atoms with Crippen molar-refractivity contribution in [3.63, 3.8) is 0 Å². The van der Waals surface area contributed by atoms with Crippen LogP contribution in [0.25, 0.3) is 11.4 Å². The first kappa shape index (κ1) is 13.4. The summed E-state index contributed by atoms with van der Waals surface area (Å²) in [5, 5.41) is 3.27. The molecule has 22 heavy (non-hydrogen) atoms. The maximum Gasteiger partial charge on any atom is 0.245 e. The standard InChI is InChI=1S/C15H19N7/c16-21(11-6-7-11)14-18-13(10-4-2-1-3-5-10)19-15(20-14)22(17)12-8-9-12/h1-5,11-12H,6-9,16-17H2. The summed E-state index contributed by atoms with van der Waals surface area (Å²) in [6.45, 7) is 0. The molecule has 0 saturated heterocycles. The van der Waals surface area contributed by atoms with E-state index >= 15 is 0 Å². The Morgan fingerprint density at radius 2 is 1.27 bits per heavy atom. The first-order chi connectivity index (χ1) is 10.7. The number of hydrogen-bond acceptors (Lipinski definition) is 7. The van der Waals surface area contributed by atoms with Gasteiger partial charge in [-0.15, -0.1) is 0 Å². The van der Waals surface area contributed by atoms with Gasteiger partial charge in [0.25, 0.3) is 0 Å². The summed E-state index contributed by atoms with van der Waals surface area (Å²) in [6.07, 6.45) is 4.31. The number of aromatic nitrogens is 3. The summed E-state index contributed by atoms with van der Waals surface area (Å²) in [7, 11) is 0. The van der Waals surface area contributed by atoms with Gasteiger partial charge in [0.1, 0.15) is 0 Å². The Morgan fingerprint density at radius 1 is 0.773 bits per heavy atom. The maximum absolute atomic E-state index is 6.13. The van der Waals surface area contributed by atoms with Crippen LogP contribution >= 0.6 is 0 Å². The van der Waals surface area contributed by atoms with Gasteiger partial charge in [-0.2, -0.15) is 15.0 Å². The lowest BCUT2D eigenvalue weighted by atomic mass is 10.2. The highest BCUT2D eigenvalue weighted by Gasteiger charge is 2.32. The number of benzene rings is 1. The van der Waals surface area contributed by atoms with Gasteiger partial charge in [0.15, 0.2) is 5.82 Å². The van der Waals surface area contributed by atoms with E-state index in [4.69, 9.17) is 11.7 Å². The van der Waals surface area contributed by atoms with Gasteiger partial charge in [0, 0.05) is 17.6 Å². The lowest BCUT2D eigenvalue weighted by Crippen LogP contribution is -2.38. The predicted molar refractivity (Wildman–Crippen MR) is 84.6 cm³/mol. The van der Waals surface area contributed by atoms with Crippen LogP contribution in [0.1, 0.15) is 25.7 Å². The quantitative estimate of drug-likeness (QED) is 0.632. The van der Waals surface area contributed by atoms with Crippen molar-refractivity contribution in [3.05, 3.63) is 30.3 Å². The fraction of sp³-hybridized carbons (Fsp3) is 0.400. The second kappa shape index (κ2) is 5.19. The first-order valence-electron chi connectivity index (χ1n) is 7.62. The average molecular weight is 297 g/mol. The largest absolute Gasteiger partial charge is 0.276 e. The Balaban J connectivity index is 1.75. The Labute approximate surface area is 128 Å². The second-order valence-electron chi connectivity index (χ2n) is 5.90. The minimum atomic E-state index is 0.325. The lowest BCUT2D eigenvalue weighted by molar-refractivity contribution is 0.760. The van der Waals surface area contributed by atoms with E-state index in [1.165, 1.54) is 0 Å². The molecule has 114 valence electrons. The molecule has 2 fully saturated rings. The van der Waals surface area contributed by atoms with E-state index in [9.17, 15) is 0 Å². The van der Waals surface area contributed by atoms with Crippen LogP contribution in [0.5, 0.6) is 0 Å². The van der Waals surface area contributed by atoms with Gasteiger partial charge in [-0.3, -0.25) is 10.0 Å². The molecular weight excluding hydrogens is 278 g/mol. The van der Waals surface area contributed by atoms with E-state index < -0.39 is 0 Å². The maximum atomic E-state index is 6.13. The zero-order valence-electron chi connectivity index (χ0n) is 12.3. The van der Waals surface area contributed by atoms with Crippen LogP contribution in [0.3, 0.4) is 0 Å². The molecule has 1 aromatic heterocycles. The molecule has 0 spiro atoms. The predicted octanol–water partition coefficient (Wildman–Crippen LogP) is 1.22. The number of nitrogens with zero attached hydrogens (tertiary/aromatic N) is 5. The van der Waals surface area contributed by atoms with Gasteiger partial charge >= 0.3 is 0 Å². The van der Waals surface area contributed by atoms with Crippen LogP contribution in [-0.2, 0) is 0 Å². The topological polar surface area (TPSA) is 97.2 Å². The van der Waals surface area contributed by atoms with Crippen LogP contribution in [0.4, 0.5) is 11.9 Å². The van der Waals surface area contributed by atoms with Crippen LogP contribution in [0.15, 0.2) is 30.3 Å². The average Bonchev–Trinajstić information content (AvgIpc) is 3.45. The molecule has 0 radical (unpaired) electrons. The zero-order chi connectivity index (χ0) is 15.1. The van der Waals surface area contributed by atoms with Gasteiger partial charge in [0.2, 0.25) is 11.9 Å². The molecule has 1 heterocycles. The lowest BCUT2D eigenvalue weighted by Gasteiger charge is -2.20. The highest BCUT2D eigenvalue weighted by atomic mass is 15.5. The molecule has 0 aliphatic heterocycles. The summed E-state index contributed by atoms with van der Waals surface area (Å²) in [5.41, 5.74) is 0.931. The van der Waals surface area contributed by atoms with Crippen molar-refractivity contribution in [3.8, 4) is 11.4 Å². The van der Waals surface area contributed by atoms with Crippen LogP contribution in [0.2, 0.25) is 0 Å². The second-order valence-corrected chi connectivity index (χ2v) is 5.90. The molecule has 7 nitrogen and oxygen atoms in total. The summed E-state index contributed by atoms with van der Waals surface area (Å²) in [5.74, 6) is 13.8. The summed E-state index contributed by atoms with van der Waals surface area (Å²) in [4.78, 5) is 13.5. The third-order valence-electron chi connectivity index (χ3n) is 3.99. The van der Waals surface area contributed by atoms with E-state index in [0.29, 0.717) is 29.8 Å². The van der Waals surface area contributed by atoms with Crippen LogP contribution < -0.4 is 21.7 Å². The fourth-order valence-electron chi connectivity index (χ4n) is 2.33. The Morgan fingerprint density at radius 3 is 1.73 bits per heavy atom. The van der Waals surface area contributed by atoms with Crippen molar-refractivity contribution < 1.29 is 0 Å². The smallest absolute Gasteiger partial charge is 0.245 e. The molecule has 0 atom stereocenters. The van der Waals surface area contributed by atoms with E-state index in [0.717, 1.165) is 31.2 Å². The fourth-order valence-corrected chi connectivity index (χ4v) is 2.33. The number of hydrazine groups is 2.